The zero-order valence-corrected chi connectivity index (χ0v) is 12.5. The number of carbonyl (C=O) groups is 2. The van der Waals surface area contributed by atoms with Gasteiger partial charge in [-0.15, -0.1) is 0 Å². The van der Waals surface area contributed by atoms with Gasteiger partial charge in [-0.1, -0.05) is 12.1 Å². The quantitative estimate of drug-likeness (QED) is 0.793. The SMILES string of the molecule is CSCCC(=O)N(C)Cc1ccc(OCC(=O)O)cc1. The molecule has 5 nitrogen and oxygen atoms in total. The molecular weight excluding hydrogens is 278 g/mol. The number of nitrogens with zero attached hydrogens (tertiary/aromatic N) is 1. The second-order valence-corrected chi connectivity index (χ2v) is 5.30. The van der Waals surface area contributed by atoms with Crippen molar-refractivity contribution >= 4 is 23.6 Å². The molecule has 0 spiro atoms. The van der Waals surface area contributed by atoms with Gasteiger partial charge < -0.3 is 14.7 Å². The topological polar surface area (TPSA) is 66.8 Å². The third kappa shape index (κ3) is 5.97. The van der Waals surface area contributed by atoms with Crippen LogP contribution >= 0.6 is 11.8 Å². The lowest BCUT2D eigenvalue weighted by molar-refractivity contribution is -0.139. The largest absolute Gasteiger partial charge is 0.482 e. The van der Waals surface area contributed by atoms with Gasteiger partial charge in [0.05, 0.1) is 0 Å². The minimum Gasteiger partial charge on any atom is -0.482 e. The number of hydrogen-bond donors (Lipinski definition) is 1. The minimum atomic E-state index is -1.01. The molecule has 6 heteroatoms. The van der Waals surface area contributed by atoms with Gasteiger partial charge in [0.25, 0.3) is 0 Å². The molecule has 20 heavy (non-hydrogen) atoms. The summed E-state index contributed by atoms with van der Waals surface area (Å²) in [5, 5.41) is 8.51. The number of carbonyl (C=O) groups excluding carboxylic acids is 1. The van der Waals surface area contributed by atoms with Crippen LogP contribution in [0.4, 0.5) is 0 Å². The second-order valence-electron chi connectivity index (χ2n) is 4.32. The number of carboxylic acids is 1. The van der Waals surface area contributed by atoms with Gasteiger partial charge in [0.15, 0.2) is 6.61 Å². The highest BCUT2D eigenvalue weighted by Crippen LogP contribution is 2.13. The van der Waals surface area contributed by atoms with Gasteiger partial charge in [-0.3, -0.25) is 4.79 Å². The predicted octanol–water partition coefficient (Wildman–Crippen LogP) is 1.86. The van der Waals surface area contributed by atoms with Gasteiger partial charge in [0.1, 0.15) is 5.75 Å². The molecule has 0 unspecified atom stereocenters. The highest BCUT2D eigenvalue weighted by atomic mass is 32.2. The Bertz CT molecular complexity index is 447. The Morgan fingerprint density at radius 3 is 2.50 bits per heavy atom. The van der Waals surface area contributed by atoms with Crippen molar-refractivity contribution in [3.05, 3.63) is 29.8 Å². The summed E-state index contributed by atoms with van der Waals surface area (Å²) in [6, 6.07) is 7.07. The van der Waals surface area contributed by atoms with Crippen molar-refractivity contribution in [3.63, 3.8) is 0 Å². The summed E-state index contributed by atoms with van der Waals surface area (Å²) in [6.45, 7) is 0.179. The molecule has 0 bridgehead atoms. The van der Waals surface area contributed by atoms with Crippen LogP contribution in [0.5, 0.6) is 5.75 Å². The van der Waals surface area contributed by atoms with Crippen LogP contribution in [-0.2, 0) is 16.1 Å². The summed E-state index contributed by atoms with van der Waals surface area (Å²) in [4.78, 5) is 23.8. The van der Waals surface area contributed by atoms with Crippen molar-refractivity contribution in [2.75, 3.05) is 25.7 Å². The van der Waals surface area contributed by atoms with Gasteiger partial charge >= 0.3 is 5.97 Å². The average molecular weight is 297 g/mol. The molecule has 110 valence electrons. The fourth-order valence-electron chi connectivity index (χ4n) is 1.58. The lowest BCUT2D eigenvalue weighted by Crippen LogP contribution is -2.26. The summed E-state index contributed by atoms with van der Waals surface area (Å²) in [5.74, 6) is 0.441. The van der Waals surface area contributed by atoms with E-state index in [0.29, 0.717) is 18.7 Å². The van der Waals surface area contributed by atoms with Crippen LogP contribution in [0.1, 0.15) is 12.0 Å². The van der Waals surface area contributed by atoms with E-state index in [1.807, 2.05) is 18.4 Å². The highest BCUT2D eigenvalue weighted by Gasteiger charge is 2.08. The van der Waals surface area contributed by atoms with E-state index >= 15 is 0 Å². The maximum absolute atomic E-state index is 11.8. The summed E-state index contributed by atoms with van der Waals surface area (Å²) in [5.41, 5.74) is 0.979. The Labute approximate surface area is 122 Å². The first-order chi connectivity index (χ1) is 9.52. The fourth-order valence-corrected chi connectivity index (χ4v) is 1.96. The average Bonchev–Trinajstić information content (AvgIpc) is 2.43. The number of carboxylic acid groups (broad SMARTS) is 1. The van der Waals surface area contributed by atoms with E-state index in [4.69, 9.17) is 9.84 Å². The number of amides is 1. The van der Waals surface area contributed by atoms with Crippen LogP contribution in [0.3, 0.4) is 0 Å². The van der Waals surface area contributed by atoms with Crippen LogP contribution in [-0.4, -0.2) is 47.5 Å². The van der Waals surface area contributed by atoms with E-state index in [1.54, 1.807) is 35.8 Å². The number of benzene rings is 1. The van der Waals surface area contributed by atoms with E-state index < -0.39 is 5.97 Å². The zero-order chi connectivity index (χ0) is 15.0. The number of hydrogen-bond acceptors (Lipinski definition) is 4. The van der Waals surface area contributed by atoms with Gasteiger partial charge in [0.2, 0.25) is 5.91 Å². The Hall–Kier alpha value is -1.69. The smallest absolute Gasteiger partial charge is 0.341 e. The molecule has 0 aliphatic heterocycles. The molecule has 0 fully saturated rings. The first kappa shape index (κ1) is 16.4. The van der Waals surface area contributed by atoms with Crippen molar-refractivity contribution in [1.82, 2.24) is 4.90 Å². The lowest BCUT2D eigenvalue weighted by Gasteiger charge is -2.17. The molecule has 0 aromatic heterocycles. The first-order valence-electron chi connectivity index (χ1n) is 6.19. The van der Waals surface area contributed by atoms with E-state index in [-0.39, 0.29) is 12.5 Å². The monoisotopic (exact) mass is 297 g/mol. The highest BCUT2D eigenvalue weighted by molar-refractivity contribution is 7.98. The molecule has 1 rings (SSSR count). The van der Waals surface area contributed by atoms with Gasteiger partial charge in [0, 0.05) is 25.8 Å². The molecule has 0 radical (unpaired) electrons. The maximum Gasteiger partial charge on any atom is 0.341 e. The van der Waals surface area contributed by atoms with Crippen LogP contribution in [0.25, 0.3) is 0 Å². The fraction of sp³-hybridized carbons (Fsp3) is 0.429. The van der Waals surface area contributed by atoms with Crippen molar-refractivity contribution in [2.24, 2.45) is 0 Å². The van der Waals surface area contributed by atoms with Crippen molar-refractivity contribution in [2.45, 2.75) is 13.0 Å². The van der Waals surface area contributed by atoms with Gasteiger partial charge in [-0.2, -0.15) is 11.8 Å². The number of ether oxygens (including phenoxy) is 1. The second kappa shape index (κ2) is 8.47. The Morgan fingerprint density at radius 1 is 1.30 bits per heavy atom. The van der Waals surface area contributed by atoms with Crippen LogP contribution in [0, 0.1) is 0 Å². The third-order valence-electron chi connectivity index (χ3n) is 2.65. The Kier molecular flexibility index (Phi) is 6.93. The van der Waals surface area contributed by atoms with Crippen LogP contribution < -0.4 is 4.74 Å². The summed E-state index contributed by atoms with van der Waals surface area (Å²) >= 11 is 1.65. The van der Waals surface area contributed by atoms with E-state index in [2.05, 4.69) is 0 Å². The van der Waals surface area contributed by atoms with Crippen molar-refractivity contribution in [1.29, 1.82) is 0 Å². The molecule has 1 aromatic carbocycles. The number of thioether (sulfide) groups is 1. The molecule has 0 saturated carbocycles. The summed E-state index contributed by atoms with van der Waals surface area (Å²) in [7, 11) is 1.78. The molecule has 0 heterocycles. The summed E-state index contributed by atoms with van der Waals surface area (Å²) < 4.78 is 5.05. The predicted molar refractivity (Wildman–Crippen MR) is 79.0 cm³/mol. The standard InChI is InChI=1S/C14H19NO4S/c1-15(13(16)7-8-20-2)9-11-3-5-12(6-4-11)19-10-14(17)18/h3-6H,7-10H2,1-2H3,(H,17,18). The van der Waals surface area contributed by atoms with Crippen LogP contribution in [0.15, 0.2) is 24.3 Å². The molecule has 1 N–H and O–H groups in total. The van der Waals surface area contributed by atoms with Crippen molar-refractivity contribution < 1.29 is 19.4 Å². The van der Waals surface area contributed by atoms with E-state index in [9.17, 15) is 9.59 Å². The molecule has 0 aliphatic rings. The molecule has 0 aliphatic carbocycles. The normalized spacial score (nSPS) is 10.1. The Balaban J connectivity index is 2.48. The molecule has 0 saturated heterocycles. The lowest BCUT2D eigenvalue weighted by atomic mass is 10.2. The van der Waals surface area contributed by atoms with Crippen LogP contribution in [0.2, 0.25) is 0 Å². The van der Waals surface area contributed by atoms with E-state index in [1.165, 1.54) is 0 Å². The molecule has 1 aromatic rings. The van der Waals surface area contributed by atoms with Gasteiger partial charge in [-0.05, 0) is 24.0 Å². The molecule has 1 amide bonds. The number of aliphatic carboxylic acids is 1. The first-order valence-corrected chi connectivity index (χ1v) is 7.58. The molecular formula is C14H19NO4S. The third-order valence-corrected chi connectivity index (χ3v) is 3.26. The number of rotatable bonds is 8. The zero-order valence-electron chi connectivity index (χ0n) is 11.7. The van der Waals surface area contributed by atoms with Crippen molar-refractivity contribution in [3.8, 4) is 5.75 Å². The molecule has 0 atom stereocenters. The summed E-state index contributed by atoms with van der Waals surface area (Å²) in [6.07, 6.45) is 2.51. The van der Waals surface area contributed by atoms with Gasteiger partial charge in [-0.25, -0.2) is 4.79 Å². The Morgan fingerprint density at radius 2 is 1.95 bits per heavy atom. The van der Waals surface area contributed by atoms with E-state index in [0.717, 1.165) is 11.3 Å². The minimum absolute atomic E-state index is 0.116. The maximum atomic E-state index is 11.8.